The maximum absolute atomic E-state index is 12.4. The van der Waals surface area contributed by atoms with Crippen LogP contribution in [-0.2, 0) is 21.3 Å². The molecule has 0 spiro atoms. The average molecular weight is 376 g/mol. The number of benzene rings is 1. The van der Waals surface area contributed by atoms with E-state index in [1.807, 2.05) is 0 Å². The molecule has 26 heavy (non-hydrogen) atoms. The molecule has 3 rings (SSSR count). The van der Waals surface area contributed by atoms with Gasteiger partial charge in [-0.15, -0.1) is 0 Å². The Labute approximate surface area is 152 Å². The van der Waals surface area contributed by atoms with Crippen LogP contribution in [0.4, 0.5) is 5.82 Å². The third-order valence-corrected chi connectivity index (χ3v) is 5.43. The summed E-state index contributed by atoms with van der Waals surface area (Å²) < 4.78 is 32.6. The second-order valence-corrected chi connectivity index (χ2v) is 7.60. The molecule has 9 heteroatoms. The predicted octanol–water partition coefficient (Wildman–Crippen LogP) is 0.994. The Morgan fingerprint density at radius 3 is 2.54 bits per heavy atom. The van der Waals surface area contributed by atoms with Crippen LogP contribution in [0, 0.1) is 0 Å². The SMILES string of the molecule is CC(=O)c1ccc(S(=O)(=O)NCc2nccc(N3CCOCC3)n2)cc1. The molecule has 0 unspecified atom stereocenters. The van der Waals surface area contributed by atoms with Crippen LogP contribution in [0.25, 0.3) is 0 Å². The van der Waals surface area contributed by atoms with Gasteiger partial charge in [-0.1, -0.05) is 12.1 Å². The Kier molecular flexibility index (Phi) is 5.60. The van der Waals surface area contributed by atoms with Gasteiger partial charge in [-0.05, 0) is 25.1 Å². The number of sulfonamides is 1. The fourth-order valence-corrected chi connectivity index (χ4v) is 3.53. The zero-order chi connectivity index (χ0) is 18.6. The number of aromatic nitrogens is 2. The van der Waals surface area contributed by atoms with Crippen LogP contribution in [0.1, 0.15) is 23.1 Å². The van der Waals surface area contributed by atoms with Crippen molar-refractivity contribution in [3.8, 4) is 0 Å². The molecule has 0 bridgehead atoms. The highest BCUT2D eigenvalue weighted by molar-refractivity contribution is 7.89. The number of rotatable bonds is 6. The van der Waals surface area contributed by atoms with Crippen molar-refractivity contribution in [1.29, 1.82) is 0 Å². The third kappa shape index (κ3) is 4.43. The van der Waals surface area contributed by atoms with Crippen LogP contribution in [0.5, 0.6) is 0 Å². The van der Waals surface area contributed by atoms with E-state index in [-0.39, 0.29) is 17.2 Å². The molecule has 1 fully saturated rings. The van der Waals surface area contributed by atoms with E-state index in [0.717, 1.165) is 18.9 Å². The Hall–Kier alpha value is -2.36. The van der Waals surface area contributed by atoms with Gasteiger partial charge in [-0.3, -0.25) is 4.79 Å². The number of morpholine rings is 1. The highest BCUT2D eigenvalue weighted by Crippen LogP contribution is 2.14. The molecule has 0 radical (unpaired) electrons. The highest BCUT2D eigenvalue weighted by atomic mass is 32.2. The van der Waals surface area contributed by atoms with Crippen LogP contribution in [0.15, 0.2) is 41.4 Å². The van der Waals surface area contributed by atoms with Crippen molar-refractivity contribution in [1.82, 2.24) is 14.7 Å². The molecule has 1 aromatic heterocycles. The molecule has 138 valence electrons. The van der Waals surface area contributed by atoms with Gasteiger partial charge in [0.25, 0.3) is 0 Å². The van der Waals surface area contributed by atoms with E-state index < -0.39 is 10.0 Å². The quantitative estimate of drug-likeness (QED) is 0.750. The molecular weight excluding hydrogens is 356 g/mol. The van der Waals surface area contributed by atoms with Crippen LogP contribution in [-0.4, -0.2) is 50.5 Å². The predicted molar refractivity (Wildman–Crippen MR) is 95.5 cm³/mol. The summed E-state index contributed by atoms with van der Waals surface area (Å²) in [6.45, 7) is 4.18. The summed E-state index contributed by atoms with van der Waals surface area (Å²) in [7, 11) is -3.71. The van der Waals surface area contributed by atoms with Gasteiger partial charge in [-0.2, -0.15) is 0 Å². The van der Waals surface area contributed by atoms with E-state index in [1.54, 1.807) is 12.3 Å². The number of ketones is 1. The van der Waals surface area contributed by atoms with Crippen LogP contribution in [0.3, 0.4) is 0 Å². The summed E-state index contributed by atoms with van der Waals surface area (Å²) in [4.78, 5) is 22.0. The van der Waals surface area contributed by atoms with Crippen molar-refractivity contribution < 1.29 is 17.9 Å². The maximum atomic E-state index is 12.4. The van der Waals surface area contributed by atoms with Gasteiger partial charge in [0.15, 0.2) is 5.78 Å². The number of anilines is 1. The summed E-state index contributed by atoms with van der Waals surface area (Å²) in [6.07, 6.45) is 1.61. The fraction of sp³-hybridized carbons (Fsp3) is 0.353. The molecule has 1 aromatic carbocycles. The average Bonchev–Trinajstić information content (AvgIpc) is 2.67. The standard InChI is InChI=1S/C17H20N4O4S/c1-13(22)14-2-4-15(5-3-14)26(23,24)19-12-16-18-7-6-17(20-16)21-8-10-25-11-9-21/h2-7,19H,8-12H2,1H3. The normalized spacial score (nSPS) is 15.0. The first-order valence-electron chi connectivity index (χ1n) is 8.21. The van der Waals surface area contributed by atoms with Crippen LogP contribution < -0.4 is 9.62 Å². The van der Waals surface area contributed by atoms with E-state index >= 15 is 0 Å². The first-order chi connectivity index (χ1) is 12.5. The van der Waals surface area contributed by atoms with Crippen molar-refractivity contribution >= 4 is 21.6 Å². The second kappa shape index (κ2) is 7.90. The summed E-state index contributed by atoms with van der Waals surface area (Å²) in [6, 6.07) is 7.59. The zero-order valence-electron chi connectivity index (χ0n) is 14.4. The summed E-state index contributed by atoms with van der Waals surface area (Å²) in [5.41, 5.74) is 0.463. The first-order valence-corrected chi connectivity index (χ1v) is 9.69. The van der Waals surface area contributed by atoms with Crippen molar-refractivity contribution in [3.05, 3.63) is 47.9 Å². The first kappa shape index (κ1) is 18.4. The minimum atomic E-state index is -3.71. The van der Waals surface area contributed by atoms with Gasteiger partial charge in [0.1, 0.15) is 11.6 Å². The third-order valence-electron chi connectivity index (χ3n) is 4.02. The number of carbonyl (C=O) groups excluding carboxylic acids is 1. The largest absolute Gasteiger partial charge is 0.378 e. The molecule has 1 saturated heterocycles. The summed E-state index contributed by atoms with van der Waals surface area (Å²) in [5, 5.41) is 0. The van der Waals surface area contributed by atoms with Crippen molar-refractivity contribution in [2.45, 2.75) is 18.4 Å². The number of nitrogens with zero attached hydrogens (tertiary/aromatic N) is 3. The molecule has 0 amide bonds. The topological polar surface area (TPSA) is 101 Å². The van der Waals surface area contributed by atoms with Gasteiger partial charge < -0.3 is 9.64 Å². The molecule has 1 N–H and O–H groups in total. The lowest BCUT2D eigenvalue weighted by atomic mass is 10.2. The van der Waals surface area contributed by atoms with E-state index in [0.29, 0.717) is 24.6 Å². The van der Waals surface area contributed by atoms with Crippen LogP contribution >= 0.6 is 0 Å². The molecule has 0 aliphatic carbocycles. The van der Waals surface area contributed by atoms with Gasteiger partial charge in [0.2, 0.25) is 10.0 Å². The minimum Gasteiger partial charge on any atom is -0.378 e. The molecule has 2 heterocycles. The van der Waals surface area contributed by atoms with E-state index in [1.165, 1.54) is 31.2 Å². The second-order valence-electron chi connectivity index (χ2n) is 5.84. The summed E-state index contributed by atoms with van der Waals surface area (Å²) >= 11 is 0. The van der Waals surface area contributed by atoms with E-state index in [4.69, 9.17) is 4.74 Å². The highest BCUT2D eigenvalue weighted by Gasteiger charge is 2.16. The van der Waals surface area contributed by atoms with Gasteiger partial charge >= 0.3 is 0 Å². The Morgan fingerprint density at radius 1 is 1.19 bits per heavy atom. The number of carbonyl (C=O) groups is 1. The molecule has 1 aliphatic rings. The Balaban J connectivity index is 1.68. The number of nitrogens with one attached hydrogen (secondary N) is 1. The minimum absolute atomic E-state index is 0.0189. The lowest BCUT2D eigenvalue weighted by molar-refractivity contribution is 0.101. The maximum Gasteiger partial charge on any atom is 0.240 e. The fourth-order valence-electron chi connectivity index (χ4n) is 2.55. The Bertz CT molecular complexity index is 878. The van der Waals surface area contributed by atoms with Crippen LogP contribution in [0.2, 0.25) is 0 Å². The molecule has 0 atom stereocenters. The van der Waals surface area contributed by atoms with Crippen molar-refractivity contribution in [2.24, 2.45) is 0 Å². The van der Waals surface area contributed by atoms with Crippen molar-refractivity contribution in [2.75, 3.05) is 31.2 Å². The van der Waals surface area contributed by atoms with E-state index in [2.05, 4.69) is 19.6 Å². The Morgan fingerprint density at radius 2 is 1.88 bits per heavy atom. The number of hydrogen-bond acceptors (Lipinski definition) is 7. The molecular formula is C17H20N4O4S. The van der Waals surface area contributed by atoms with Gasteiger partial charge in [-0.25, -0.2) is 23.1 Å². The lowest BCUT2D eigenvalue weighted by Crippen LogP contribution is -2.37. The van der Waals surface area contributed by atoms with Gasteiger partial charge in [0, 0.05) is 24.8 Å². The molecule has 0 saturated carbocycles. The lowest BCUT2D eigenvalue weighted by Gasteiger charge is -2.27. The van der Waals surface area contributed by atoms with Gasteiger partial charge in [0.05, 0.1) is 24.7 Å². The summed E-state index contributed by atoms with van der Waals surface area (Å²) in [5.74, 6) is 1.02. The molecule has 8 nitrogen and oxygen atoms in total. The number of hydrogen-bond donors (Lipinski definition) is 1. The number of Topliss-reactive ketones (excluding diaryl/α,β-unsaturated/α-hetero) is 1. The van der Waals surface area contributed by atoms with Crippen molar-refractivity contribution in [3.63, 3.8) is 0 Å². The molecule has 2 aromatic rings. The smallest absolute Gasteiger partial charge is 0.240 e. The molecule has 1 aliphatic heterocycles. The van der Waals surface area contributed by atoms with E-state index in [9.17, 15) is 13.2 Å². The monoisotopic (exact) mass is 376 g/mol. The zero-order valence-corrected chi connectivity index (χ0v) is 15.2. The number of ether oxygens (including phenoxy) is 1.